The molecule has 0 saturated carbocycles. The lowest BCUT2D eigenvalue weighted by atomic mass is 10.1. The molecule has 1 N–H and O–H groups in total. The first kappa shape index (κ1) is 18.4. The van der Waals surface area contributed by atoms with E-state index < -0.39 is 16.1 Å². The molecule has 0 aromatic heterocycles. The monoisotopic (exact) mass is 454 g/mol. The maximum Gasteiger partial charge on any atom is 0.298 e. The van der Waals surface area contributed by atoms with Crippen molar-refractivity contribution < 1.29 is 19.6 Å². The normalized spacial score (nSPS) is 15.8. The summed E-state index contributed by atoms with van der Waals surface area (Å²) in [7, 11) is 0. The van der Waals surface area contributed by atoms with Crippen molar-refractivity contribution >= 4 is 67.9 Å². The zero-order chi connectivity index (χ0) is 19.0. The number of halogens is 2. The van der Waals surface area contributed by atoms with Crippen molar-refractivity contribution in [1.82, 2.24) is 0 Å². The van der Waals surface area contributed by atoms with Crippen LogP contribution in [-0.2, 0) is 4.79 Å². The van der Waals surface area contributed by atoms with Gasteiger partial charge >= 0.3 is 0 Å². The lowest BCUT2D eigenvalue weighted by molar-refractivity contribution is -0.385. The van der Waals surface area contributed by atoms with E-state index in [0.29, 0.717) is 22.5 Å². The van der Waals surface area contributed by atoms with E-state index in [1.165, 1.54) is 12.1 Å². The predicted molar refractivity (Wildman–Crippen MR) is 102 cm³/mol. The highest BCUT2D eigenvalue weighted by Crippen LogP contribution is 2.39. The number of phenolic OH excluding ortho intramolecular Hbond substituents is 1. The molecule has 0 aliphatic carbocycles. The zero-order valence-electron chi connectivity index (χ0n) is 12.7. The molecule has 1 saturated heterocycles. The Bertz CT molecular complexity index is 995. The van der Waals surface area contributed by atoms with Gasteiger partial charge in [-0.2, -0.15) is 0 Å². The van der Waals surface area contributed by atoms with E-state index in [1.54, 1.807) is 18.2 Å². The molecule has 1 aliphatic rings. The summed E-state index contributed by atoms with van der Waals surface area (Å²) in [5.41, 5.74) is 0.0884. The molecule has 1 heterocycles. The van der Waals surface area contributed by atoms with Crippen LogP contribution in [0, 0.1) is 10.1 Å². The number of anilines is 1. The molecule has 10 heteroatoms. The van der Waals surface area contributed by atoms with Crippen molar-refractivity contribution in [2.45, 2.75) is 0 Å². The largest absolute Gasteiger partial charge is 0.506 e. The molecule has 26 heavy (non-hydrogen) atoms. The van der Waals surface area contributed by atoms with Gasteiger partial charge in [-0.15, -0.1) is 0 Å². The molecule has 2 amide bonds. The first-order chi connectivity index (χ1) is 12.3. The number of benzene rings is 2. The molecule has 1 aliphatic heterocycles. The Balaban J connectivity index is 2.02. The number of imide groups is 1. The quantitative estimate of drug-likeness (QED) is 0.399. The van der Waals surface area contributed by atoms with Crippen LogP contribution < -0.4 is 4.90 Å². The topological polar surface area (TPSA) is 101 Å². The van der Waals surface area contributed by atoms with Crippen molar-refractivity contribution in [3.05, 3.63) is 66.5 Å². The van der Waals surface area contributed by atoms with E-state index in [0.717, 1.165) is 17.0 Å². The van der Waals surface area contributed by atoms with Gasteiger partial charge in [-0.25, -0.2) is 4.90 Å². The number of hydrogen-bond donors (Lipinski definition) is 1. The Hall–Kier alpha value is -2.36. The Morgan fingerprint density at radius 3 is 2.65 bits per heavy atom. The van der Waals surface area contributed by atoms with E-state index >= 15 is 0 Å². The second kappa shape index (κ2) is 7.10. The number of nitro benzene ring substituents is 1. The van der Waals surface area contributed by atoms with Crippen LogP contribution in [0.3, 0.4) is 0 Å². The SMILES string of the molecule is O=C1S/C(=C/c2cc([N+](=O)[O-])cc(Br)c2O)C(=O)N1c1cccc(Cl)c1. The average Bonchev–Trinajstić information content (AvgIpc) is 2.85. The van der Waals surface area contributed by atoms with Gasteiger partial charge in [0.25, 0.3) is 16.8 Å². The summed E-state index contributed by atoms with van der Waals surface area (Å²) < 4.78 is 0.104. The number of carbonyl (C=O) groups is 2. The molecule has 0 atom stereocenters. The van der Waals surface area contributed by atoms with Crippen molar-refractivity contribution in [3.8, 4) is 5.75 Å². The molecule has 7 nitrogen and oxygen atoms in total. The Labute approximate surface area is 164 Å². The van der Waals surface area contributed by atoms with Gasteiger partial charge in [0.1, 0.15) is 5.75 Å². The first-order valence-corrected chi connectivity index (χ1v) is 8.97. The number of aromatic hydroxyl groups is 1. The highest BCUT2D eigenvalue weighted by Gasteiger charge is 2.36. The molecular formula is C16H8BrClN2O5S. The predicted octanol–water partition coefficient (Wildman–Crippen LogP) is 4.96. The Morgan fingerprint density at radius 2 is 2.00 bits per heavy atom. The van der Waals surface area contributed by atoms with E-state index in [1.807, 2.05) is 0 Å². The maximum absolute atomic E-state index is 12.6. The third-order valence-electron chi connectivity index (χ3n) is 3.44. The molecular weight excluding hydrogens is 448 g/mol. The molecule has 0 unspecified atom stereocenters. The second-order valence-corrected chi connectivity index (χ2v) is 7.40. The van der Waals surface area contributed by atoms with Gasteiger partial charge in [-0.1, -0.05) is 17.7 Å². The van der Waals surface area contributed by atoms with Gasteiger partial charge in [-0.05, 0) is 52.0 Å². The number of rotatable bonds is 3. The van der Waals surface area contributed by atoms with Gasteiger partial charge in [0.05, 0.1) is 20.0 Å². The van der Waals surface area contributed by atoms with Crippen LogP contribution in [0.15, 0.2) is 45.8 Å². The van der Waals surface area contributed by atoms with Crippen LogP contribution >= 0.6 is 39.3 Å². The molecule has 0 radical (unpaired) electrons. The number of amides is 2. The van der Waals surface area contributed by atoms with Gasteiger partial charge < -0.3 is 5.11 Å². The first-order valence-electron chi connectivity index (χ1n) is 6.98. The summed E-state index contributed by atoms with van der Waals surface area (Å²) in [4.78, 5) is 36.1. The summed E-state index contributed by atoms with van der Waals surface area (Å²) in [6, 6.07) is 8.51. The highest BCUT2D eigenvalue weighted by molar-refractivity contribution is 9.10. The number of nitrogens with zero attached hydrogens (tertiary/aromatic N) is 2. The molecule has 3 rings (SSSR count). The third-order valence-corrected chi connectivity index (χ3v) is 5.14. The summed E-state index contributed by atoms with van der Waals surface area (Å²) in [6.45, 7) is 0. The van der Waals surface area contributed by atoms with Crippen LogP contribution in [0.5, 0.6) is 5.75 Å². The van der Waals surface area contributed by atoms with E-state index in [-0.39, 0.29) is 26.4 Å². The van der Waals surface area contributed by atoms with Crippen molar-refractivity contribution in [2.24, 2.45) is 0 Å². The fraction of sp³-hybridized carbons (Fsp3) is 0. The lowest BCUT2D eigenvalue weighted by Gasteiger charge is -2.12. The Kier molecular flexibility index (Phi) is 5.03. The van der Waals surface area contributed by atoms with Crippen molar-refractivity contribution in [2.75, 3.05) is 4.90 Å². The fourth-order valence-corrected chi connectivity index (χ4v) is 3.75. The fourth-order valence-electron chi connectivity index (χ4n) is 2.27. The number of nitro groups is 1. The summed E-state index contributed by atoms with van der Waals surface area (Å²) >= 11 is 9.59. The van der Waals surface area contributed by atoms with Crippen LogP contribution in [0.25, 0.3) is 6.08 Å². The zero-order valence-corrected chi connectivity index (χ0v) is 15.8. The molecule has 0 spiro atoms. The average molecular weight is 456 g/mol. The van der Waals surface area contributed by atoms with Crippen LogP contribution in [0.1, 0.15) is 5.56 Å². The second-order valence-electron chi connectivity index (χ2n) is 5.12. The number of hydrogen-bond acceptors (Lipinski definition) is 6. The number of carbonyl (C=O) groups excluding carboxylic acids is 2. The third kappa shape index (κ3) is 3.46. The van der Waals surface area contributed by atoms with Crippen LogP contribution in [0.2, 0.25) is 5.02 Å². The van der Waals surface area contributed by atoms with Gasteiger partial charge in [0, 0.05) is 22.7 Å². The van der Waals surface area contributed by atoms with Crippen molar-refractivity contribution in [1.29, 1.82) is 0 Å². The van der Waals surface area contributed by atoms with E-state index in [2.05, 4.69) is 15.9 Å². The molecule has 0 bridgehead atoms. The molecule has 2 aromatic carbocycles. The van der Waals surface area contributed by atoms with Crippen LogP contribution in [0.4, 0.5) is 16.2 Å². The smallest absolute Gasteiger partial charge is 0.298 e. The van der Waals surface area contributed by atoms with Crippen molar-refractivity contribution in [3.63, 3.8) is 0 Å². The van der Waals surface area contributed by atoms with Crippen LogP contribution in [-0.4, -0.2) is 21.2 Å². The lowest BCUT2D eigenvalue weighted by Crippen LogP contribution is -2.27. The molecule has 132 valence electrons. The standard InChI is InChI=1S/C16H8BrClN2O5S/c17-12-7-11(20(24)25)4-8(14(12)21)5-13-15(22)19(16(23)26-13)10-3-1-2-9(18)6-10/h1-7,21H/b13-5+. The minimum absolute atomic E-state index is 0.0256. The summed E-state index contributed by atoms with van der Waals surface area (Å²) in [5, 5.41) is 20.9. The number of phenols is 1. The minimum atomic E-state index is -0.626. The summed E-state index contributed by atoms with van der Waals surface area (Å²) in [6.07, 6.45) is 1.24. The number of thioether (sulfide) groups is 1. The summed E-state index contributed by atoms with van der Waals surface area (Å²) in [5.74, 6) is -0.880. The van der Waals surface area contributed by atoms with E-state index in [4.69, 9.17) is 11.6 Å². The van der Waals surface area contributed by atoms with Gasteiger partial charge in [-0.3, -0.25) is 19.7 Å². The van der Waals surface area contributed by atoms with Gasteiger partial charge in [0.15, 0.2) is 0 Å². The Morgan fingerprint density at radius 1 is 1.27 bits per heavy atom. The molecule has 2 aromatic rings. The highest BCUT2D eigenvalue weighted by atomic mass is 79.9. The molecule has 1 fully saturated rings. The van der Waals surface area contributed by atoms with E-state index in [9.17, 15) is 24.8 Å². The maximum atomic E-state index is 12.6. The minimum Gasteiger partial charge on any atom is -0.506 e. The number of non-ortho nitro benzene ring substituents is 1. The van der Waals surface area contributed by atoms with Gasteiger partial charge in [0.2, 0.25) is 0 Å².